The smallest absolute Gasteiger partial charge is 0.159 e. The number of hydrogen-bond acceptors (Lipinski definition) is 2. The fourth-order valence-electron chi connectivity index (χ4n) is 2.36. The van der Waals surface area contributed by atoms with Crippen LogP contribution in [0.15, 0.2) is 48.5 Å². The molecule has 0 bridgehead atoms. The largest absolute Gasteiger partial charge is 0.295 e. The van der Waals surface area contributed by atoms with Crippen LogP contribution < -0.4 is 0 Å². The van der Waals surface area contributed by atoms with Crippen molar-refractivity contribution in [3.05, 3.63) is 65.6 Å². The molecule has 0 N–H and O–H groups in total. The minimum absolute atomic E-state index is 0.0747. The molecule has 0 atom stereocenters. The number of hydrogen-bond donors (Lipinski definition) is 0. The van der Waals surface area contributed by atoms with Crippen molar-refractivity contribution < 1.29 is 9.18 Å². The lowest BCUT2D eigenvalue weighted by Gasteiger charge is -2.07. The second kappa shape index (κ2) is 5.09. The van der Waals surface area contributed by atoms with Crippen LogP contribution in [0.25, 0.3) is 22.0 Å². The van der Waals surface area contributed by atoms with Crippen LogP contribution in [0.4, 0.5) is 4.39 Å². The van der Waals surface area contributed by atoms with Gasteiger partial charge in [0.2, 0.25) is 0 Å². The number of nitrogens with zero attached hydrogens (tertiary/aromatic N) is 1. The SMILES string of the molecule is CC(=O)c1ccc(F)c(-c2ccc3nc(C)ccc3c2)c1. The number of carbonyl (C=O) groups is 1. The van der Waals surface area contributed by atoms with Gasteiger partial charge in [0.1, 0.15) is 5.82 Å². The second-order valence-electron chi connectivity index (χ2n) is 5.11. The van der Waals surface area contributed by atoms with Crippen molar-refractivity contribution >= 4 is 16.7 Å². The number of ketones is 1. The molecular weight excluding hydrogens is 265 g/mol. The molecular formula is C18H14FNO. The molecule has 0 aliphatic rings. The van der Waals surface area contributed by atoms with Gasteiger partial charge in [-0.1, -0.05) is 12.1 Å². The first-order chi connectivity index (χ1) is 10.0. The van der Waals surface area contributed by atoms with E-state index in [4.69, 9.17) is 0 Å². The van der Waals surface area contributed by atoms with E-state index in [1.165, 1.54) is 19.1 Å². The van der Waals surface area contributed by atoms with Crippen LogP contribution in [0, 0.1) is 12.7 Å². The molecule has 21 heavy (non-hydrogen) atoms. The van der Waals surface area contributed by atoms with E-state index < -0.39 is 0 Å². The monoisotopic (exact) mass is 279 g/mol. The third-order valence-electron chi connectivity index (χ3n) is 3.51. The van der Waals surface area contributed by atoms with E-state index in [9.17, 15) is 9.18 Å². The quantitative estimate of drug-likeness (QED) is 0.644. The fourth-order valence-corrected chi connectivity index (χ4v) is 2.36. The van der Waals surface area contributed by atoms with E-state index in [1.807, 2.05) is 37.3 Å². The van der Waals surface area contributed by atoms with Gasteiger partial charge in [-0.05, 0) is 55.8 Å². The summed E-state index contributed by atoms with van der Waals surface area (Å²) in [6.45, 7) is 3.41. The number of aromatic nitrogens is 1. The summed E-state index contributed by atoms with van der Waals surface area (Å²) >= 11 is 0. The lowest BCUT2D eigenvalue weighted by Crippen LogP contribution is -1.94. The summed E-state index contributed by atoms with van der Waals surface area (Å²) in [5, 5.41) is 0.950. The Balaban J connectivity index is 2.18. The highest BCUT2D eigenvalue weighted by Crippen LogP contribution is 2.27. The molecule has 0 spiro atoms. The molecule has 2 nitrogen and oxygen atoms in total. The van der Waals surface area contributed by atoms with E-state index in [0.717, 1.165) is 22.2 Å². The van der Waals surface area contributed by atoms with Gasteiger partial charge in [-0.15, -0.1) is 0 Å². The summed E-state index contributed by atoms with van der Waals surface area (Å²) in [6.07, 6.45) is 0. The van der Waals surface area contributed by atoms with Gasteiger partial charge in [-0.25, -0.2) is 4.39 Å². The molecule has 3 heteroatoms. The van der Waals surface area contributed by atoms with Crippen LogP contribution in [-0.2, 0) is 0 Å². The molecule has 3 rings (SSSR count). The second-order valence-corrected chi connectivity index (χ2v) is 5.11. The van der Waals surface area contributed by atoms with E-state index >= 15 is 0 Å². The molecule has 2 aromatic carbocycles. The molecule has 0 saturated heterocycles. The molecule has 104 valence electrons. The van der Waals surface area contributed by atoms with Gasteiger partial charge in [0.25, 0.3) is 0 Å². The third kappa shape index (κ3) is 2.55. The number of rotatable bonds is 2. The fraction of sp³-hybridized carbons (Fsp3) is 0.111. The van der Waals surface area contributed by atoms with Gasteiger partial charge in [-0.3, -0.25) is 9.78 Å². The summed E-state index contributed by atoms with van der Waals surface area (Å²) in [6, 6.07) is 13.9. The van der Waals surface area contributed by atoms with Crippen molar-refractivity contribution in [1.29, 1.82) is 0 Å². The molecule has 0 aliphatic heterocycles. The zero-order valence-corrected chi connectivity index (χ0v) is 11.9. The summed E-state index contributed by atoms with van der Waals surface area (Å²) in [4.78, 5) is 15.9. The van der Waals surface area contributed by atoms with Crippen LogP contribution in [0.5, 0.6) is 0 Å². The third-order valence-corrected chi connectivity index (χ3v) is 3.51. The first-order valence-corrected chi connectivity index (χ1v) is 6.73. The average Bonchev–Trinajstić information content (AvgIpc) is 2.47. The van der Waals surface area contributed by atoms with Gasteiger partial charge < -0.3 is 0 Å². The van der Waals surface area contributed by atoms with Crippen molar-refractivity contribution in [1.82, 2.24) is 4.98 Å². The zero-order valence-electron chi connectivity index (χ0n) is 11.9. The highest BCUT2D eigenvalue weighted by Gasteiger charge is 2.09. The van der Waals surface area contributed by atoms with E-state index in [0.29, 0.717) is 11.1 Å². The minimum atomic E-state index is -0.334. The maximum absolute atomic E-state index is 14.1. The number of Topliss-reactive ketones (excluding diaryl/α,β-unsaturated/α-hetero) is 1. The Kier molecular flexibility index (Phi) is 3.26. The van der Waals surface area contributed by atoms with Crippen molar-refractivity contribution in [3.8, 4) is 11.1 Å². The first-order valence-electron chi connectivity index (χ1n) is 6.73. The zero-order chi connectivity index (χ0) is 15.0. The molecule has 0 amide bonds. The van der Waals surface area contributed by atoms with Crippen molar-refractivity contribution in [2.75, 3.05) is 0 Å². The summed E-state index contributed by atoms with van der Waals surface area (Å²) in [5.74, 6) is -0.409. The van der Waals surface area contributed by atoms with Crippen LogP contribution in [0.3, 0.4) is 0 Å². The van der Waals surface area contributed by atoms with Crippen molar-refractivity contribution in [2.45, 2.75) is 13.8 Å². The van der Waals surface area contributed by atoms with Crippen LogP contribution in [0.1, 0.15) is 23.0 Å². The Morgan fingerprint density at radius 3 is 2.62 bits per heavy atom. The Hall–Kier alpha value is -2.55. The van der Waals surface area contributed by atoms with E-state index in [-0.39, 0.29) is 11.6 Å². The molecule has 0 saturated carbocycles. The maximum atomic E-state index is 14.1. The highest BCUT2D eigenvalue weighted by molar-refractivity contribution is 5.95. The molecule has 1 heterocycles. The molecule has 3 aromatic rings. The van der Waals surface area contributed by atoms with Gasteiger partial charge in [-0.2, -0.15) is 0 Å². The van der Waals surface area contributed by atoms with Crippen LogP contribution in [-0.4, -0.2) is 10.8 Å². The van der Waals surface area contributed by atoms with E-state index in [2.05, 4.69) is 4.98 Å². The Morgan fingerprint density at radius 2 is 1.86 bits per heavy atom. The number of carbonyl (C=O) groups excluding carboxylic acids is 1. The predicted octanol–water partition coefficient (Wildman–Crippen LogP) is 4.55. The number of fused-ring (bicyclic) bond motifs is 1. The number of aryl methyl sites for hydroxylation is 1. The molecule has 0 aliphatic carbocycles. The Bertz CT molecular complexity index is 855. The molecule has 0 fully saturated rings. The van der Waals surface area contributed by atoms with Crippen molar-refractivity contribution in [3.63, 3.8) is 0 Å². The number of benzene rings is 2. The number of halogens is 1. The predicted molar refractivity (Wildman–Crippen MR) is 81.9 cm³/mol. The van der Waals surface area contributed by atoms with Gasteiger partial charge in [0.15, 0.2) is 5.78 Å². The van der Waals surface area contributed by atoms with Gasteiger partial charge in [0.05, 0.1) is 5.52 Å². The normalized spacial score (nSPS) is 10.8. The first kappa shape index (κ1) is 13.4. The van der Waals surface area contributed by atoms with Crippen molar-refractivity contribution in [2.24, 2.45) is 0 Å². The average molecular weight is 279 g/mol. The van der Waals surface area contributed by atoms with E-state index in [1.54, 1.807) is 6.07 Å². The lowest BCUT2D eigenvalue weighted by atomic mass is 9.99. The number of pyridine rings is 1. The van der Waals surface area contributed by atoms with Crippen LogP contribution >= 0.6 is 0 Å². The van der Waals surface area contributed by atoms with Gasteiger partial charge in [0, 0.05) is 22.2 Å². The molecule has 0 radical (unpaired) electrons. The van der Waals surface area contributed by atoms with Gasteiger partial charge >= 0.3 is 0 Å². The molecule has 0 unspecified atom stereocenters. The standard InChI is InChI=1S/C18H14FNO/c1-11-3-4-15-9-14(6-8-18(15)20-11)16-10-13(12(2)21)5-7-17(16)19/h3-10H,1-2H3. The summed E-state index contributed by atoms with van der Waals surface area (Å²) < 4.78 is 14.1. The molecule has 1 aromatic heterocycles. The lowest BCUT2D eigenvalue weighted by molar-refractivity contribution is 0.101. The highest BCUT2D eigenvalue weighted by atomic mass is 19.1. The Morgan fingerprint density at radius 1 is 1.05 bits per heavy atom. The summed E-state index contributed by atoms with van der Waals surface area (Å²) in [7, 11) is 0. The Labute approximate surface area is 122 Å². The minimum Gasteiger partial charge on any atom is -0.295 e. The maximum Gasteiger partial charge on any atom is 0.159 e. The topological polar surface area (TPSA) is 30.0 Å². The summed E-state index contributed by atoms with van der Waals surface area (Å²) in [5.41, 5.74) is 3.51. The van der Waals surface area contributed by atoms with Crippen LogP contribution in [0.2, 0.25) is 0 Å².